The SMILES string of the molecule is C=CCCCCCC(N)c1cccc(C(F)(F)F)c1F. The van der Waals surface area contributed by atoms with E-state index in [9.17, 15) is 17.6 Å². The van der Waals surface area contributed by atoms with Crippen molar-refractivity contribution in [2.24, 2.45) is 5.73 Å². The molecule has 2 N–H and O–H groups in total. The van der Waals surface area contributed by atoms with E-state index in [1.54, 1.807) is 0 Å². The Hall–Kier alpha value is -1.36. The van der Waals surface area contributed by atoms with Gasteiger partial charge in [-0.15, -0.1) is 6.58 Å². The Morgan fingerprint density at radius 3 is 2.50 bits per heavy atom. The number of unbranched alkanes of at least 4 members (excludes halogenated alkanes) is 3. The highest BCUT2D eigenvalue weighted by atomic mass is 19.4. The lowest BCUT2D eigenvalue weighted by Crippen LogP contribution is -2.16. The average molecular weight is 289 g/mol. The third kappa shape index (κ3) is 4.63. The molecule has 0 heterocycles. The van der Waals surface area contributed by atoms with E-state index in [0.29, 0.717) is 6.42 Å². The predicted molar refractivity (Wildman–Crippen MR) is 71.6 cm³/mol. The number of benzene rings is 1. The maximum absolute atomic E-state index is 13.8. The highest BCUT2D eigenvalue weighted by molar-refractivity contribution is 5.30. The van der Waals surface area contributed by atoms with Gasteiger partial charge in [0.2, 0.25) is 0 Å². The summed E-state index contributed by atoms with van der Waals surface area (Å²) in [6.07, 6.45) is 1.10. The smallest absolute Gasteiger partial charge is 0.324 e. The van der Waals surface area contributed by atoms with Gasteiger partial charge < -0.3 is 5.73 Å². The summed E-state index contributed by atoms with van der Waals surface area (Å²) in [5.74, 6) is -1.25. The summed E-state index contributed by atoms with van der Waals surface area (Å²) in [7, 11) is 0. The van der Waals surface area contributed by atoms with Gasteiger partial charge in [0.15, 0.2) is 0 Å². The highest BCUT2D eigenvalue weighted by Crippen LogP contribution is 2.34. The molecule has 5 heteroatoms. The normalized spacial score (nSPS) is 13.2. The van der Waals surface area contributed by atoms with Gasteiger partial charge in [-0.25, -0.2) is 4.39 Å². The molecule has 0 saturated carbocycles. The minimum atomic E-state index is -4.69. The summed E-state index contributed by atoms with van der Waals surface area (Å²) in [5, 5.41) is 0. The van der Waals surface area contributed by atoms with Crippen LogP contribution in [0.3, 0.4) is 0 Å². The van der Waals surface area contributed by atoms with Crippen LogP contribution >= 0.6 is 0 Å². The maximum atomic E-state index is 13.8. The molecule has 0 amide bonds. The van der Waals surface area contributed by atoms with Crippen molar-refractivity contribution in [1.29, 1.82) is 0 Å². The Kier molecular flexibility index (Phi) is 6.20. The molecule has 0 aliphatic carbocycles. The van der Waals surface area contributed by atoms with Crippen LogP contribution in [0, 0.1) is 5.82 Å². The van der Waals surface area contributed by atoms with Crippen LogP contribution in [-0.2, 0) is 6.18 Å². The number of allylic oxidation sites excluding steroid dienone is 1. The van der Waals surface area contributed by atoms with Crippen LogP contribution in [0.15, 0.2) is 30.9 Å². The summed E-state index contributed by atoms with van der Waals surface area (Å²) in [6, 6.07) is 2.54. The summed E-state index contributed by atoms with van der Waals surface area (Å²) in [4.78, 5) is 0. The molecule has 20 heavy (non-hydrogen) atoms. The Labute approximate surface area is 116 Å². The average Bonchev–Trinajstić information content (AvgIpc) is 2.37. The predicted octanol–water partition coefficient (Wildman–Crippen LogP) is 4.98. The molecule has 1 aromatic carbocycles. The fourth-order valence-corrected chi connectivity index (χ4v) is 2.04. The van der Waals surface area contributed by atoms with Crippen LogP contribution < -0.4 is 5.73 Å². The van der Waals surface area contributed by atoms with E-state index >= 15 is 0 Å². The van der Waals surface area contributed by atoms with E-state index in [4.69, 9.17) is 5.73 Å². The van der Waals surface area contributed by atoms with Gasteiger partial charge in [-0.05, 0) is 25.3 Å². The second-order valence-corrected chi connectivity index (χ2v) is 4.74. The van der Waals surface area contributed by atoms with E-state index < -0.39 is 23.6 Å². The molecule has 0 aliphatic heterocycles. The van der Waals surface area contributed by atoms with Crippen LogP contribution in [0.2, 0.25) is 0 Å². The first kappa shape index (κ1) is 16.7. The van der Waals surface area contributed by atoms with Gasteiger partial charge in [0.05, 0.1) is 5.56 Å². The second kappa shape index (κ2) is 7.43. The zero-order valence-corrected chi connectivity index (χ0v) is 11.2. The molecule has 0 saturated heterocycles. The van der Waals surface area contributed by atoms with Gasteiger partial charge in [0.25, 0.3) is 0 Å². The van der Waals surface area contributed by atoms with Crippen molar-refractivity contribution < 1.29 is 17.6 Å². The highest BCUT2D eigenvalue weighted by Gasteiger charge is 2.35. The first-order valence-electron chi connectivity index (χ1n) is 6.60. The number of rotatable bonds is 7. The minimum absolute atomic E-state index is 0.0662. The van der Waals surface area contributed by atoms with E-state index in [1.807, 2.05) is 6.08 Å². The standard InChI is InChI=1S/C15H19F4N/c1-2-3-4-5-6-10-13(20)11-8-7-9-12(14(11)16)15(17,18)19/h2,7-9,13H,1,3-6,10,20H2. The minimum Gasteiger partial charge on any atom is -0.324 e. The zero-order valence-electron chi connectivity index (χ0n) is 11.2. The molecule has 0 aromatic heterocycles. The molecular formula is C15H19F4N. The van der Waals surface area contributed by atoms with E-state index in [0.717, 1.165) is 31.7 Å². The number of nitrogens with two attached hydrogens (primary N) is 1. The largest absolute Gasteiger partial charge is 0.419 e. The van der Waals surface area contributed by atoms with Crippen LogP contribution in [0.1, 0.15) is 49.3 Å². The Balaban J connectivity index is 2.69. The fraction of sp³-hybridized carbons (Fsp3) is 0.467. The summed E-state index contributed by atoms with van der Waals surface area (Å²) < 4.78 is 51.6. The van der Waals surface area contributed by atoms with Crippen molar-refractivity contribution in [3.05, 3.63) is 47.8 Å². The van der Waals surface area contributed by atoms with Crippen molar-refractivity contribution in [1.82, 2.24) is 0 Å². The Bertz CT molecular complexity index is 440. The van der Waals surface area contributed by atoms with Gasteiger partial charge in [0, 0.05) is 11.6 Å². The van der Waals surface area contributed by atoms with Crippen molar-refractivity contribution in [2.75, 3.05) is 0 Å². The topological polar surface area (TPSA) is 26.0 Å². The van der Waals surface area contributed by atoms with Gasteiger partial charge in [0.1, 0.15) is 5.82 Å². The number of hydrogen-bond donors (Lipinski definition) is 1. The third-order valence-electron chi connectivity index (χ3n) is 3.16. The molecule has 0 fully saturated rings. The fourth-order valence-electron chi connectivity index (χ4n) is 2.04. The number of alkyl halides is 3. The van der Waals surface area contributed by atoms with Gasteiger partial charge in [-0.1, -0.05) is 31.1 Å². The molecule has 0 radical (unpaired) electrons. The van der Waals surface area contributed by atoms with E-state index in [-0.39, 0.29) is 5.56 Å². The van der Waals surface area contributed by atoms with Crippen LogP contribution in [-0.4, -0.2) is 0 Å². The molecule has 1 nitrogen and oxygen atoms in total. The molecule has 0 bridgehead atoms. The summed E-state index contributed by atoms with van der Waals surface area (Å²) >= 11 is 0. The van der Waals surface area contributed by atoms with Crippen molar-refractivity contribution in [3.63, 3.8) is 0 Å². The van der Waals surface area contributed by atoms with Gasteiger partial charge >= 0.3 is 6.18 Å². The first-order chi connectivity index (χ1) is 9.38. The van der Waals surface area contributed by atoms with Gasteiger partial charge in [-0.3, -0.25) is 0 Å². The van der Waals surface area contributed by atoms with Crippen LogP contribution in [0.4, 0.5) is 17.6 Å². The van der Waals surface area contributed by atoms with Crippen LogP contribution in [0.5, 0.6) is 0 Å². The zero-order chi connectivity index (χ0) is 15.2. The maximum Gasteiger partial charge on any atom is 0.419 e. The summed E-state index contributed by atoms with van der Waals surface area (Å²) in [5.41, 5.74) is 4.48. The molecule has 0 spiro atoms. The lowest BCUT2D eigenvalue weighted by atomic mass is 9.98. The Morgan fingerprint density at radius 2 is 1.90 bits per heavy atom. The molecule has 1 atom stereocenters. The lowest BCUT2D eigenvalue weighted by molar-refractivity contribution is -0.140. The monoisotopic (exact) mass is 289 g/mol. The van der Waals surface area contributed by atoms with E-state index in [2.05, 4.69) is 6.58 Å². The lowest BCUT2D eigenvalue weighted by Gasteiger charge is -2.16. The van der Waals surface area contributed by atoms with Crippen molar-refractivity contribution >= 4 is 0 Å². The Morgan fingerprint density at radius 1 is 1.20 bits per heavy atom. The molecule has 1 unspecified atom stereocenters. The van der Waals surface area contributed by atoms with Crippen LogP contribution in [0.25, 0.3) is 0 Å². The molecular weight excluding hydrogens is 270 g/mol. The van der Waals surface area contributed by atoms with E-state index in [1.165, 1.54) is 12.1 Å². The molecule has 0 aliphatic rings. The molecule has 1 aromatic rings. The van der Waals surface area contributed by atoms with Crippen molar-refractivity contribution in [2.45, 2.75) is 44.3 Å². The number of halogens is 4. The molecule has 1 rings (SSSR count). The summed E-state index contributed by atoms with van der Waals surface area (Å²) in [6.45, 7) is 3.60. The second-order valence-electron chi connectivity index (χ2n) is 4.74. The van der Waals surface area contributed by atoms with Crippen molar-refractivity contribution in [3.8, 4) is 0 Å². The molecule has 112 valence electrons. The first-order valence-corrected chi connectivity index (χ1v) is 6.60. The quantitative estimate of drug-likeness (QED) is 0.427. The van der Waals surface area contributed by atoms with Gasteiger partial charge in [-0.2, -0.15) is 13.2 Å². The third-order valence-corrected chi connectivity index (χ3v) is 3.16. The number of hydrogen-bond acceptors (Lipinski definition) is 1.